The topological polar surface area (TPSA) is 26.0 Å². The van der Waals surface area contributed by atoms with Gasteiger partial charge in [-0.2, -0.15) is 0 Å². The Bertz CT molecular complexity index is 546. The Hall–Kier alpha value is -1.25. The highest BCUT2D eigenvalue weighted by Crippen LogP contribution is 2.36. The van der Waals surface area contributed by atoms with Crippen LogP contribution in [-0.2, 0) is 0 Å². The van der Waals surface area contributed by atoms with Crippen LogP contribution in [0.2, 0.25) is 0 Å². The van der Waals surface area contributed by atoms with Crippen molar-refractivity contribution in [3.8, 4) is 0 Å². The van der Waals surface area contributed by atoms with Gasteiger partial charge in [-0.15, -0.1) is 11.8 Å². The maximum atomic E-state index is 5.96. The van der Waals surface area contributed by atoms with E-state index in [-0.39, 0.29) is 0 Å². The molecule has 0 saturated carbocycles. The summed E-state index contributed by atoms with van der Waals surface area (Å²) in [5.41, 5.74) is 11.2. The first-order chi connectivity index (χ1) is 9.10. The van der Waals surface area contributed by atoms with Gasteiger partial charge in [-0.1, -0.05) is 47.5 Å². The summed E-state index contributed by atoms with van der Waals surface area (Å²) >= 11 is 1.86. The molecular weight excluding hydrogens is 250 g/mol. The average Bonchev–Trinajstić information content (AvgIpc) is 2.41. The van der Waals surface area contributed by atoms with E-state index in [1.54, 1.807) is 0 Å². The number of nitrogens with two attached hydrogens (primary N) is 1. The van der Waals surface area contributed by atoms with Gasteiger partial charge in [-0.3, -0.25) is 0 Å². The van der Waals surface area contributed by atoms with E-state index < -0.39 is 0 Å². The van der Waals surface area contributed by atoms with E-state index in [4.69, 9.17) is 5.73 Å². The molecule has 0 aliphatic carbocycles. The number of hydrogen-bond donors (Lipinski definition) is 1. The largest absolute Gasteiger partial charge is 0.329 e. The molecule has 2 rings (SSSR count). The Morgan fingerprint density at radius 2 is 1.58 bits per heavy atom. The molecule has 19 heavy (non-hydrogen) atoms. The first-order valence-electron chi connectivity index (χ1n) is 6.60. The molecule has 2 N–H and O–H groups in total. The van der Waals surface area contributed by atoms with Crippen molar-refractivity contribution in [2.24, 2.45) is 5.73 Å². The van der Waals surface area contributed by atoms with Crippen molar-refractivity contribution >= 4 is 11.8 Å². The minimum Gasteiger partial charge on any atom is -0.329 e. The lowest BCUT2D eigenvalue weighted by molar-refractivity contribution is 0.939. The van der Waals surface area contributed by atoms with Gasteiger partial charge in [0.25, 0.3) is 0 Å². The molecule has 0 fully saturated rings. The molecule has 1 nitrogen and oxygen atoms in total. The summed E-state index contributed by atoms with van der Waals surface area (Å²) in [6.07, 6.45) is 0. The summed E-state index contributed by atoms with van der Waals surface area (Å²) in [7, 11) is 0. The van der Waals surface area contributed by atoms with E-state index >= 15 is 0 Å². The molecule has 0 spiro atoms. The third-order valence-corrected chi connectivity index (χ3v) is 4.72. The van der Waals surface area contributed by atoms with Gasteiger partial charge in [0.2, 0.25) is 0 Å². The van der Waals surface area contributed by atoms with Gasteiger partial charge in [-0.25, -0.2) is 0 Å². The van der Waals surface area contributed by atoms with E-state index in [9.17, 15) is 0 Å². The summed E-state index contributed by atoms with van der Waals surface area (Å²) < 4.78 is 0. The number of aryl methyl sites for hydroxylation is 3. The Balaban J connectivity index is 2.23. The van der Waals surface area contributed by atoms with Crippen molar-refractivity contribution in [2.45, 2.75) is 30.9 Å². The van der Waals surface area contributed by atoms with Crippen LogP contribution in [0.15, 0.2) is 47.4 Å². The van der Waals surface area contributed by atoms with Crippen LogP contribution < -0.4 is 5.73 Å². The standard InChI is InChI=1S/C17H21NS/c1-12-5-8-15(9-6-12)17(11-18)19-16-10-13(2)4-7-14(16)3/h4-10,17H,11,18H2,1-3H3. The zero-order chi connectivity index (χ0) is 13.8. The Morgan fingerprint density at radius 3 is 2.21 bits per heavy atom. The predicted molar refractivity (Wildman–Crippen MR) is 84.7 cm³/mol. The first kappa shape index (κ1) is 14.2. The third kappa shape index (κ3) is 3.62. The highest BCUT2D eigenvalue weighted by molar-refractivity contribution is 7.99. The third-order valence-electron chi connectivity index (χ3n) is 3.28. The van der Waals surface area contributed by atoms with Crippen LogP contribution in [0.25, 0.3) is 0 Å². The summed E-state index contributed by atoms with van der Waals surface area (Å²) in [6, 6.07) is 15.3. The zero-order valence-electron chi connectivity index (χ0n) is 11.8. The van der Waals surface area contributed by atoms with Crippen LogP contribution in [0.3, 0.4) is 0 Å². The molecule has 0 amide bonds. The molecule has 0 radical (unpaired) electrons. The second kappa shape index (κ2) is 6.27. The molecule has 0 bridgehead atoms. The lowest BCUT2D eigenvalue weighted by Crippen LogP contribution is -2.09. The van der Waals surface area contributed by atoms with Crippen molar-refractivity contribution in [2.75, 3.05) is 6.54 Å². The van der Waals surface area contributed by atoms with E-state index in [1.165, 1.54) is 27.1 Å². The normalized spacial score (nSPS) is 12.4. The molecule has 1 unspecified atom stereocenters. The first-order valence-corrected chi connectivity index (χ1v) is 7.48. The van der Waals surface area contributed by atoms with Crippen LogP contribution in [0.1, 0.15) is 27.5 Å². The van der Waals surface area contributed by atoms with Crippen LogP contribution in [0, 0.1) is 20.8 Å². The zero-order valence-corrected chi connectivity index (χ0v) is 12.6. The molecule has 1 atom stereocenters. The molecular formula is C17H21NS. The van der Waals surface area contributed by atoms with Gasteiger partial charge in [0.05, 0.1) is 0 Å². The summed E-state index contributed by atoms with van der Waals surface area (Å²) in [5.74, 6) is 0. The molecule has 0 aromatic heterocycles. The smallest absolute Gasteiger partial charge is 0.0466 e. The van der Waals surface area contributed by atoms with E-state index in [0.717, 1.165) is 0 Å². The van der Waals surface area contributed by atoms with Crippen LogP contribution in [0.4, 0.5) is 0 Å². The average molecular weight is 271 g/mol. The lowest BCUT2D eigenvalue weighted by Gasteiger charge is -2.17. The van der Waals surface area contributed by atoms with E-state index in [2.05, 4.69) is 63.2 Å². The number of rotatable bonds is 4. The predicted octanol–water partition coefficient (Wildman–Crippen LogP) is 4.40. The Morgan fingerprint density at radius 1 is 0.947 bits per heavy atom. The summed E-state index contributed by atoms with van der Waals surface area (Å²) in [5, 5.41) is 0.320. The van der Waals surface area contributed by atoms with Gasteiger partial charge < -0.3 is 5.73 Å². The molecule has 2 aromatic rings. The molecule has 0 aliphatic heterocycles. The minimum absolute atomic E-state index is 0.320. The monoisotopic (exact) mass is 271 g/mol. The van der Waals surface area contributed by atoms with Crippen molar-refractivity contribution < 1.29 is 0 Å². The fourth-order valence-corrected chi connectivity index (χ4v) is 3.22. The van der Waals surface area contributed by atoms with Gasteiger partial charge in [0.1, 0.15) is 0 Å². The van der Waals surface area contributed by atoms with E-state index in [0.29, 0.717) is 11.8 Å². The maximum Gasteiger partial charge on any atom is 0.0466 e. The fourth-order valence-electron chi connectivity index (χ4n) is 2.02. The fraction of sp³-hybridized carbons (Fsp3) is 0.294. The van der Waals surface area contributed by atoms with Gasteiger partial charge >= 0.3 is 0 Å². The summed E-state index contributed by atoms with van der Waals surface area (Å²) in [4.78, 5) is 1.33. The Labute approximate surface area is 120 Å². The maximum absolute atomic E-state index is 5.96. The van der Waals surface area contributed by atoms with Crippen LogP contribution >= 0.6 is 11.8 Å². The number of benzene rings is 2. The second-order valence-corrected chi connectivity index (χ2v) is 6.27. The SMILES string of the molecule is Cc1ccc(C(CN)Sc2cc(C)ccc2C)cc1. The molecule has 2 aromatic carbocycles. The van der Waals surface area contributed by atoms with Crippen molar-refractivity contribution in [3.05, 3.63) is 64.7 Å². The minimum atomic E-state index is 0.320. The van der Waals surface area contributed by atoms with Gasteiger partial charge in [-0.05, 0) is 38.0 Å². The Kier molecular flexibility index (Phi) is 4.67. The highest BCUT2D eigenvalue weighted by atomic mass is 32.2. The van der Waals surface area contributed by atoms with Crippen molar-refractivity contribution in [3.63, 3.8) is 0 Å². The summed E-state index contributed by atoms with van der Waals surface area (Å²) in [6.45, 7) is 7.05. The molecule has 0 aliphatic rings. The van der Waals surface area contributed by atoms with E-state index in [1.807, 2.05) is 11.8 Å². The van der Waals surface area contributed by atoms with Gasteiger partial charge in [0, 0.05) is 16.7 Å². The van der Waals surface area contributed by atoms with Crippen molar-refractivity contribution in [1.29, 1.82) is 0 Å². The molecule has 2 heteroatoms. The van der Waals surface area contributed by atoms with Crippen LogP contribution in [0.5, 0.6) is 0 Å². The number of hydrogen-bond acceptors (Lipinski definition) is 2. The molecule has 0 saturated heterocycles. The van der Waals surface area contributed by atoms with Crippen molar-refractivity contribution in [1.82, 2.24) is 0 Å². The molecule has 100 valence electrons. The second-order valence-electron chi connectivity index (χ2n) is 5.02. The number of thioether (sulfide) groups is 1. The van der Waals surface area contributed by atoms with Gasteiger partial charge in [0.15, 0.2) is 0 Å². The highest BCUT2D eigenvalue weighted by Gasteiger charge is 2.12. The quantitative estimate of drug-likeness (QED) is 0.834. The lowest BCUT2D eigenvalue weighted by atomic mass is 10.1. The van der Waals surface area contributed by atoms with Crippen LogP contribution in [-0.4, -0.2) is 6.54 Å². The molecule has 0 heterocycles.